The average molecular weight is 322 g/mol. The van der Waals surface area contributed by atoms with E-state index >= 15 is 0 Å². The summed E-state index contributed by atoms with van der Waals surface area (Å²) in [6.07, 6.45) is -2.90. The maximum absolute atomic E-state index is 12.3. The maximum atomic E-state index is 12.3. The van der Waals surface area contributed by atoms with Gasteiger partial charge in [0.05, 0.1) is 16.3 Å². The number of nitrogens with one attached hydrogen (secondary N) is 1. The molecular weight excluding hydrogens is 305 g/mol. The van der Waals surface area contributed by atoms with Crippen molar-refractivity contribution in [2.75, 3.05) is 25.5 Å². The molecule has 0 aliphatic heterocycles. The van der Waals surface area contributed by atoms with Crippen molar-refractivity contribution in [3.8, 4) is 0 Å². The molecular formula is C13H17F3N2O2S. The molecule has 0 spiro atoms. The fourth-order valence-corrected chi connectivity index (χ4v) is 2.04. The molecule has 0 unspecified atom stereocenters. The molecule has 0 bridgehead atoms. The van der Waals surface area contributed by atoms with E-state index in [2.05, 4.69) is 10.3 Å². The van der Waals surface area contributed by atoms with E-state index in [9.17, 15) is 18.0 Å². The number of aromatic nitrogens is 1. The highest BCUT2D eigenvalue weighted by Gasteiger charge is 2.30. The first kappa shape index (κ1) is 17.8. The fraction of sp³-hybridized carbons (Fsp3) is 0.538. The van der Waals surface area contributed by atoms with Crippen LogP contribution in [0.2, 0.25) is 0 Å². The monoisotopic (exact) mass is 322 g/mol. The largest absolute Gasteiger partial charge is 0.417 e. The van der Waals surface area contributed by atoms with Crippen LogP contribution in [0.25, 0.3) is 0 Å². The van der Waals surface area contributed by atoms with Gasteiger partial charge in [-0.2, -0.15) is 13.2 Å². The van der Waals surface area contributed by atoms with Crippen molar-refractivity contribution in [2.24, 2.45) is 0 Å². The van der Waals surface area contributed by atoms with Crippen molar-refractivity contribution in [1.29, 1.82) is 0 Å². The van der Waals surface area contributed by atoms with Crippen LogP contribution in [0, 0.1) is 0 Å². The maximum Gasteiger partial charge on any atom is 0.417 e. The molecule has 0 atom stereocenters. The number of carbonyl (C=O) groups is 1. The Morgan fingerprint density at radius 3 is 2.76 bits per heavy atom. The summed E-state index contributed by atoms with van der Waals surface area (Å²) in [7, 11) is 0. The standard InChI is InChI=1S/C13H17F3N2O2S/c1-2-20-7-3-6-17-11(19)9-21-12-5-4-10(8-18-12)13(14,15)16/h4-5,8H,2-3,6-7,9H2,1H3,(H,17,19). The number of ether oxygens (including phenoxy) is 1. The van der Waals surface area contributed by atoms with Gasteiger partial charge < -0.3 is 10.1 Å². The number of halogens is 3. The van der Waals surface area contributed by atoms with Gasteiger partial charge in [0.15, 0.2) is 0 Å². The number of rotatable bonds is 8. The lowest BCUT2D eigenvalue weighted by Gasteiger charge is -2.07. The van der Waals surface area contributed by atoms with E-state index in [4.69, 9.17) is 4.74 Å². The van der Waals surface area contributed by atoms with Gasteiger partial charge in [-0.3, -0.25) is 4.79 Å². The Kier molecular flexibility index (Phi) is 7.52. The normalized spacial score (nSPS) is 11.4. The predicted octanol–water partition coefficient (Wildman–Crippen LogP) is 2.74. The second-order valence-corrected chi connectivity index (χ2v) is 5.07. The summed E-state index contributed by atoms with van der Waals surface area (Å²) in [4.78, 5) is 15.2. The van der Waals surface area contributed by atoms with Crippen LogP contribution in [-0.4, -0.2) is 36.4 Å². The molecule has 1 N–H and O–H groups in total. The predicted molar refractivity (Wildman–Crippen MR) is 74.1 cm³/mol. The van der Waals surface area contributed by atoms with E-state index in [1.165, 1.54) is 6.07 Å². The molecule has 21 heavy (non-hydrogen) atoms. The molecule has 118 valence electrons. The summed E-state index contributed by atoms with van der Waals surface area (Å²) >= 11 is 1.09. The molecule has 0 saturated carbocycles. The number of pyridine rings is 1. The molecule has 1 aromatic heterocycles. The minimum Gasteiger partial charge on any atom is -0.382 e. The van der Waals surface area contributed by atoms with E-state index in [1.54, 1.807) is 0 Å². The van der Waals surface area contributed by atoms with E-state index in [0.29, 0.717) is 24.8 Å². The fourth-order valence-electron chi connectivity index (χ4n) is 1.37. The molecule has 4 nitrogen and oxygen atoms in total. The lowest BCUT2D eigenvalue weighted by molar-refractivity contribution is -0.137. The molecule has 0 aliphatic carbocycles. The van der Waals surface area contributed by atoms with Crippen LogP contribution in [0.1, 0.15) is 18.9 Å². The van der Waals surface area contributed by atoms with Crippen molar-refractivity contribution >= 4 is 17.7 Å². The first-order valence-electron chi connectivity index (χ1n) is 6.44. The van der Waals surface area contributed by atoms with Crippen LogP contribution >= 0.6 is 11.8 Å². The van der Waals surface area contributed by atoms with E-state index in [1.807, 2.05) is 6.92 Å². The highest BCUT2D eigenvalue weighted by Crippen LogP contribution is 2.29. The van der Waals surface area contributed by atoms with Crippen LogP contribution in [0.4, 0.5) is 13.2 Å². The number of hydrogen-bond donors (Lipinski definition) is 1. The summed E-state index contributed by atoms with van der Waals surface area (Å²) in [5, 5.41) is 3.08. The molecule has 0 saturated heterocycles. The molecule has 8 heteroatoms. The van der Waals surface area contributed by atoms with Crippen molar-refractivity contribution in [1.82, 2.24) is 10.3 Å². The van der Waals surface area contributed by atoms with Crippen LogP contribution < -0.4 is 5.32 Å². The first-order valence-corrected chi connectivity index (χ1v) is 7.42. The Hall–Kier alpha value is -1.28. The Balaban J connectivity index is 2.27. The van der Waals surface area contributed by atoms with E-state index in [0.717, 1.165) is 30.4 Å². The van der Waals surface area contributed by atoms with Gasteiger partial charge in [-0.25, -0.2) is 4.98 Å². The average Bonchev–Trinajstić information content (AvgIpc) is 2.44. The molecule has 1 rings (SSSR count). The zero-order valence-electron chi connectivity index (χ0n) is 11.6. The van der Waals surface area contributed by atoms with Crippen LogP contribution in [0.5, 0.6) is 0 Å². The molecule has 0 aromatic carbocycles. The molecule has 0 fully saturated rings. The Bertz CT molecular complexity index is 438. The van der Waals surface area contributed by atoms with Gasteiger partial charge in [-0.1, -0.05) is 11.8 Å². The van der Waals surface area contributed by atoms with Crippen LogP contribution in [-0.2, 0) is 15.7 Å². The number of amides is 1. The van der Waals surface area contributed by atoms with Gasteiger partial charge in [-0.15, -0.1) is 0 Å². The van der Waals surface area contributed by atoms with Gasteiger partial charge in [0.2, 0.25) is 5.91 Å². The summed E-state index contributed by atoms with van der Waals surface area (Å²) in [6, 6.07) is 2.21. The van der Waals surface area contributed by atoms with E-state index < -0.39 is 11.7 Å². The zero-order chi connectivity index (χ0) is 15.7. The Morgan fingerprint density at radius 2 is 2.19 bits per heavy atom. The third-order valence-electron chi connectivity index (χ3n) is 2.41. The van der Waals surface area contributed by atoms with Crippen molar-refractivity contribution in [3.05, 3.63) is 23.9 Å². The summed E-state index contributed by atoms with van der Waals surface area (Å²) in [5.74, 6) is -0.0642. The van der Waals surface area contributed by atoms with Gasteiger partial charge in [0.1, 0.15) is 0 Å². The van der Waals surface area contributed by atoms with Crippen molar-refractivity contribution in [2.45, 2.75) is 24.5 Å². The number of hydrogen-bond acceptors (Lipinski definition) is 4. The minimum atomic E-state index is -4.39. The van der Waals surface area contributed by atoms with Gasteiger partial charge in [0.25, 0.3) is 0 Å². The number of nitrogens with zero attached hydrogens (tertiary/aromatic N) is 1. The first-order chi connectivity index (χ1) is 9.93. The molecule has 1 heterocycles. The van der Waals surface area contributed by atoms with Crippen LogP contribution in [0.15, 0.2) is 23.4 Å². The SMILES string of the molecule is CCOCCCNC(=O)CSc1ccc(C(F)(F)F)cn1. The smallest absolute Gasteiger partial charge is 0.382 e. The topological polar surface area (TPSA) is 51.2 Å². The second kappa shape index (κ2) is 8.89. The molecule has 1 aromatic rings. The summed E-state index contributed by atoms with van der Waals surface area (Å²) < 4.78 is 42.1. The van der Waals surface area contributed by atoms with E-state index in [-0.39, 0.29) is 11.7 Å². The van der Waals surface area contributed by atoms with Gasteiger partial charge in [0, 0.05) is 26.0 Å². The molecule has 0 aliphatic rings. The third kappa shape index (κ3) is 7.33. The minimum absolute atomic E-state index is 0.118. The van der Waals surface area contributed by atoms with Crippen molar-refractivity contribution < 1.29 is 22.7 Å². The van der Waals surface area contributed by atoms with Crippen molar-refractivity contribution in [3.63, 3.8) is 0 Å². The lowest BCUT2D eigenvalue weighted by atomic mass is 10.3. The number of carbonyl (C=O) groups excluding carboxylic acids is 1. The molecule has 1 amide bonds. The quantitative estimate of drug-likeness (QED) is 0.591. The second-order valence-electron chi connectivity index (χ2n) is 4.07. The number of thioether (sulfide) groups is 1. The Morgan fingerprint density at radius 1 is 1.43 bits per heavy atom. The molecule has 0 radical (unpaired) electrons. The third-order valence-corrected chi connectivity index (χ3v) is 3.35. The Labute approximate surface area is 125 Å². The van der Waals surface area contributed by atoms with Gasteiger partial charge in [-0.05, 0) is 25.5 Å². The summed E-state index contributed by atoms with van der Waals surface area (Å²) in [6.45, 7) is 3.64. The highest BCUT2D eigenvalue weighted by molar-refractivity contribution is 7.99. The number of alkyl halides is 3. The van der Waals surface area contributed by atoms with Gasteiger partial charge >= 0.3 is 6.18 Å². The highest BCUT2D eigenvalue weighted by atomic mass is 32.2. The van der Waals surface area contributed by atoms with Crippen LogP contribution in [0.3, 0.4) is 0 Å². The lowest BCUT2D eigenvalue weighted by Crippen LogP contribution is -2.26. The summed E-state index contributed by atoms with van der Waals surface area (Å²) in [5.41, 5.74) is -0.799. The zero-order valence-corrected chi connectivity index (χ0v) is 12.4.